The number of likely N-dealkylation sites (tertiary alicyclic amines) is 1. The molecular formula is C13H26N2O2. The minimum Gasteiger partial charge on any atom is -0.480 e. The SMILES string of the molecule is CCC(C)(C(=O)O)N1CCC(CN(C)C)CC1. The van der Waals surface area contributed by atoms with Crippen molar-refractivity contribution < 1.29 is 9.90 Å². The number of nitrogens with zero attached hydrogens (tertiary/aromatic N) is 2. The van der Waals surface area contributed by atoms with Crippen molar-refractivity contribution in [3.63, 3.8) is 0 Å². The number of aliphatic carboxylic acids is 1. The van der Waals surface area contributed by atoms with Gasteiger partial charge in [0.1, 0.15) is 5.54 Å². The van der Waals surface area contributed by atoms with E-state index < -0.39 is 11.5 Å². The van der Waals surface area contributed by atoms with Gasteiger partial charge in [-0.2, -0.15) is 0 Å². The molecule has 1 heterocycles. The number of carbonyl (C=O) groups is 1. The molecule has 0 bridgehead atoms. The maximum atomic E-state index is 11.4. The first kappa shape index (κ1) is 14.5. The van der Waals surface area contributed by atoms with Crippen molar-refractivity contribution in [1.29, 1.82) is 0 Å². The first-order valence-corrected chi connectivity index (χ1v) is 6.53. The first-order chi connectivity index (χ1) is 7.90. The van der Waals surface area contributed by atoms with E-state index in [1.807, 2.05) is 13.8 Å². The van der Waals surface area contributed by atoms with E-state index in [1.165, 1.54) is 0 Å². The third kappa shape index (κ3) is 3.42. The summed E-state index contributed by atoms with van der Waals surface area (Å²) in [4.78, 5) is 15.7. The lowest BCUT2D eigenvalue weighted by Crippen LogP contribution is -2.55. The molecule has 4 heteroatoms. The molecular weight excluding hydrogens is 216 g/mol. The van der Waals surface area contributed by atoms with Gasteiger partial charge >= 0.3 is 5.97 Å². The largest absolute Gasteiger partial charge is 0.480 e. The van der Waals surface area contributed by atoms with E-state index in [2.05, 4.69) is 23.9 Å². The van der Waals surface area contributed by atoms with Crippen LogP contribution >= 0.6 is 0 Å². The van der Waals surface area contributed by atoms with Crippen LogP contribution in [0.15, 0.2) is 0 Å². The Morgan fingerprint density at radius 2 is 1.94 bits per heavy atom. The van der Waals surface area contributed by atoms with E-state index in [0.29, 0.717) is 6.42 Å². The van der Waals surface area contributed by atoms with E-state index in [1.54, 1.807) is 0 Å². The van der Waals surface area contributed by atoms with Gasteiger partial charge in [0.05, 0.1) is 0 Å². The average molecular weight is 242 g/mol. The summed E-state index contributed by atoms with van der Waals surface area (Å²) in [6.45, 7) is 6.75. The quantitative estimate of drug-likeness (QED) is 0.794. The zero-order valence-corrected chi connectivity index (χ0v) is 11.6. The predicted octanol–water partition coefficient (Wildman–Crippen LogP) is 1.51. The van der Waals surface area contributed by atoms with Gasteiger partial charge in [-0.05, 0) is 59.3 Å². The molecule has 0 aromatic heterocycles. The van der Waals surface area contributed by atoms with Gasteiger partial charge in [0.2, 0.25) is 0 Å². The summed E-state index contributed by atoms with van der Waals surface area (Å²) in [5.41, 5.74) is -0.677. The molecule has 1 N–H and O–H groups in total. The Balaban J connectivity index is 2.53. The highest BCUT2D eigenvalue weighted by Gasteiger charge is 2.39. The Bertz CT molecular complexity index is 260. The van der Waals surface area contributed by atoms with E-state index in [9.17, 15) is 9.90 Å². The second kappa shape index (κ2) is 5.83. The predicted molar refractivity (Wildman–Crippen MR) is 69.2 cm³/mol. The fourth-order valence-corrected chi connectivity index (χ4v) is 2.64. The van der Waals surface area contributed by atoms with Gasteiger partial charge in [0, 0.05) is 6.54 Å². The third-order valence-corrected chi connectivity index (χ3v) is 4.09. The molecule has 17 heavy (non-hydrogen) atoms. The topological polar surface area (TPSA) is 43.8 Å². The average Bonchev–Trinajstić information content (AvgIpc) is 2.28. The molecule has 0 spiro atoms. The molecule has 0 aromatic carbocycles. The van der Waals surface area contributed by atoms with Crippen LogP contribution in [-0.2, 0) is 4.79 Å². The van der Waals surface area contributed by atoms with E-state index >= 15 is 0 Å². The molecule has 1 aliphatic rings. The van der Waals surface area contributed by atoms with Crippen LogP contribution in [0.3, 0.4) is 0 Å². The minimum absolute atomic E-state index is 0.667. The van der Waals surface area contributed by atoms with Crippen LogP contribution in [0.2, 0.25) is 0 Å². The maximum Gasteiger partial charge on any atom is 0.323 e. The van der Waals surface area contributed by atoms with Crippen molar-refractivity contribution in [2.45, 2.75) is 38.6 Å². The number of rotatable bonds is 5. The molecule has 1 atom stereocenters. The highest BCUT2D eigenvalue weighted by Crippen LogP contribution is 2.27. The second-order valence-corrected chi connectivity index (χ2v) is 5.63. The van der Waals surface area contributed by atoms with Crippen LogP contribution in [0.25, 0.3) is 0 Å². The van der Waals surface area contributed by atoms with E-state index in [0.717, 1.165) is 38.4 Å². The molecule has 0 aliphatic carbocycles. The normalized spacial score (nSPS) is 22.6. The van der Waals surface area contributed by atoms with Crippen molar-refractivity contribution in [3.05, 3.63) is 0 Å². The van der Waals surface area contributed by atoms with Gasteiger partial charge in [-0.25, -0.2) is 0 Å². The molecule has 1 aliphatic heterocycles. The Kier molecular flexibility index (Phi) is 4.95. The van der Waals surface area contributed by atoms with Gasteiger partial charge in [0.15, 0.2) is 0 Å². The second-order valence-electron chi connectivity index (χ2n) is 5.63. The Labute approximate surface area is 105 Å². The van der Waals surface area contributed by atoms with Crippen LogP contribution in [-0.4, -0.2) is 60.1 Å². The summed E-state index contributed by atoms with van der Waals surface area (Å²) < 4.78 is 0. The molecule has 0 aromatic rings. The van der Waals surface area contributed by atoms with Crippen LogP contribution in [0.1, 0.15) is 33.1 Å². The number of carboxylic acid groups (broad SMARTS) is 1. The number of piperidine rings is 1. The summed E-state index contributed by atoms with van der Waals surface area (Å²) in [6, 6.07) is 0. The molecule has 1 unspecified atom stereocenters. The fraction of sp³-hybridized carbons (Fsp3) is 0.923. The molecule has 1 fully saturated rings. The van der Waals surface area contributed by atoms with Crippen LogP contribution < -0.4 is 0 Å². The molecule has 1 saturated heterocycles. The summed E-state index contributed by atoms with van der Waals surface area (Å²) in [5, 5.41) is 9.35. The first-order valence-electron chi connectivity index (χ1n) is 6.53. The molecule has 100 valence electrons. The van der Waals surface area contributed by atoms with Gasteiger partial charge < -0.3 is 10.0 Å². The van der Waals surface area contributed by atoms with Crippen LogP contribution in [0.4, 0.5) is 0 Å². The van der Waals surface area contributed by atoms with Gasteiger partial charge in [-0.3, -0.25) is 9.69 Å². The van der Waals surface area contributed by atoms with Crippen molar-refractivity contribution in [1.82, 2.24) is 9.80 Å². The lowest BCUT2D eigenvalue weighted by molar-refractivity contribution is -0.152. The van der Waals surface area contributed by atoms with Crippen molar-refractivity contribution in [2.75, 3.05) is 33.7 Å². The van der Waals surface area contributed by atoms with E-state index in [-0.39, 0.29) is 0 Å². The van der Waals surface area contributed by atoms with Gasteiger partial charge in [0.25, 0.3) is 0 Å². The van der Waals surface area contributed by atoms with Crippen molar-refractivity contribution in [2.24, 2.45) is 5.92 Å². The molecule has 0 radical (unpaired) electrons. The molecule has 4 nitrogen and oxygen atoms in total. The smallest absolute Gasteiger partial charge is 0.323 e. The summed E-state index contributed by atoms with van der Waals surface area (Å²) in [6.07, 6.45) is 2.89. The number of hydrogen-bond donors (Lipinski definition) is 1. The molecule has 0 amide bonds. The highest BCUT2D eigenvalue weighted by atomic mass is 16.4. The van der Waals surface area contributed by atoms with Crippen LogP contribution in [0, 0.1) is 5.92 Å². The summed E-state index contributed by atoms with van der Waals surface area (Å²) >= 11 is 0. The lowest BCUT2D eigenvalue weighted by atomic mass is 9.89. The van der Waals surface area contributed by atoms with E-state index in [4.69, 9.17) is 0 Å². The third-order valence-electron chi connectivity index (χ3n) is 4.09. The fourth-order valence-electron chi connectivity index (χ4n) is 2.64. The number of carboxylic acids is 1. The Morgan fingerprint density at radius 3 is 2.29 bits per heavy atom. The molecule has 0 saturated carbocycles. The Hall–Kier alpha value is -0.610. The number of hydrogen-bond acceptors (Lipinski definition) is 3. The van der Waals surface area contributed by atoms with Crippen molar-refractivity contribution in [3.8, 4) is 0 Å². The minimum atomic E-state index is -0.689. The zero-order chi connectivity index (χ0) is 13.1. The van der Waals surface area contributed by atoms with Crippen molar-refractivity contribution >= 4 is 5.97 Å². The summed E-state index contributed by atoms with van der Waals surface area (Å²) in [5.74, 6) is 0.0298. The van der Waals surface area contributed by atoms with Gasteiger partial charge in [-0.1, -0.05) is 6.92 Å². The van der Waals surface area contributed by atoms with Gasteiger partial charge in [-0.15, -0.1) is 0 Å². The Morgan fingerprint density at radius 1 is 1.41 bits per heavy atom. The lowest BCUT2D eigenvalue weighted by Gasteiger charge is -2.42. The monoisotopic (exact) mass is 242 g/mol. The maximum absolute atomic E-state index is 11.4. The summed E-state index contributed by atoms with van der Waals surface area (Å²) in [7, 11) is 4.19. The highest BCUT2D eigenvalue weighted by molar-refractivity contribution is 5.78. The molecule has 1 rings (SSSR count). The zero-order valence-electron chi connectivity index (χ0n) is 11.6. The van der Waals surface area contributed by atoms with Crippen LogP contribution in [0.5, 0.6) is 0 Å². The standard InChI is InChI=1S/C13H26N2O2/c1-5-13(2,12(16)17)15-8-6-11(7-9-15)10-14(3)4/h11H,5-10H2,1-4H3,(H,16,17).